The third-order valence-corrected chi connectivity index (χ3v) is 4.07. The lowest BCUT2D eigenvalue weighted by molar-refractivity contribution is -0.154. The second-order valence-electron chi connectivity index (χ2n) is 5.05. The van der Waals surface area contributed by atoms with Gasteiger partial charge in [0.05, 0.1) is 0 Å². The number of aliphatic imine (C=N–C) groups is 1. The zero-order valence-electron chi connectivity index (χ0n) is 13.6. The molecule has 0 saturated heterocycles. The highest BCUT2D eigenvalue weighted by Crippen LogP contribution is 2.19. The van der Waals surface area contributed by atoms with Crippen LogP contribution in [0.1, 0.15) is 10.4 Å². The molecule has 0 spiro atoms. The Morgan fingerprint density at radius 1 is 1.28 bits per heavy atom. The molecule has 0 aliphatic carbocycles. The minimum atomic E-state index is -4.40. The molecule has 0 aliphatic heterocycles. The summed E-state index contributed by atoms with van der Waals surface area (Å²) < 4.78 is 41.7. The lowest BCUT2D eigenvalue weighted by atomic mass is 10.2. The first-order valence-electron chi connectivity index (χ1n) is 7.58. The van der Waals surface area contributed by atoms with Gasteiger partial charge < -0.3 is 15.4 Å². The molecule has 2 rings (SSSR count). The highest BCUT2D eigenvalue weighted by molar-refractivity contribution is 7.09. The first-order chi connectivity index (χ1) is 12.0. The van der Waals surface area contributed by atoms with Crippen LogP contribution in [-0.4, -0.2) is 37.3 Å². The van der Waals surface area contributed by atoms with E-state index in [9.17, 15) is 13.2 Å². The summed E-state index contributed by atoms with van der Waals surface area (Å²) in [4.78, 5) is 9.22. The third kappa shape index (κ3) is 7.00. The van der Waals surface area contributed by atoms with E-state index >= 15 is 0 Å². The lowest BCUT2D eigenvalue weighted by Gasteiger charge is -2.14. The first-order valence-corrected chi connectivity index (χ1v) is 8.46. The maximum absolute atomic E-state index is 12.3. The van der Waals surface area contributed by atoms with Crippen LogP contribution in [0, 0.1) is 0 Å². The van der Waals surface area contributed by atoms with Crippen molar-refractivity contribution in [2.45, 2.75) is 19.1 Å². The van der Waals surface area contributed by atoms with Gasteiger partial charge in [0.2, 0.25) is 5.88 Å². The Hall–Kier alpha value is -2.29. The Kier molecular flexibility index (Phi) is 7.05. The number of guanidine groups is 1. The number of hydrogen-bond acceptors (Lipinski definition) is 4. The summed E-state index contributed by atoms with van der Waals surface area (Å²) in [6, 6.07) is 7.36. The van der Waals surface area contributed by atoms with Crippen molar-refractivity contribution < 1.29 is 17.9 Å². The van der Waals surface area contributed by atoms with Crippen LogP contribution in [-0.2, 0) is 13.0 Å². The summed E-state index contributed by atoms with van der Waals surface area (Å²) in [5.74, 6) is 0.517. The number of ether oxygens (including phenoxy) is 1. The van der Waals surface area contributed by atoms with E-state index in [1.54, 1.807) is 30.5 Å². The van der Waals surface area contributed by atoms with E-state index in [1.165, 1.54) is 11.1 Å². The van der Waals surface area contributed by atoms with E-state index in [0.717, 1.165) is 6.42 Å². The summed E-state index contributed by atoms with van der Waals surface area (Å²) in [6.45, 7) is -0.421. The molecular formula is C16H19F3N4OS. The Balaban J connectivity index is 1.84. The minimum absolute atomic E-state index is 0.0404. The van der Waals surface area contributed by atoms with Crippen molar-refractivity contribution in [3.8, 4) is 5.88 Å². The summed E-state index contributed by atoms with van der Waals surface area (Å²) in [6.07, 6.45) is -2.14. The standard InChI is InChI=1S/C16H19F3N4OS/c1-20-15(22-8-6-13-5-3-9-25-13)23-10-12-4-2-7-21-14(12)24-11-16(17,18)19/h2-5,7,9H,6,8,10-11H2,1H3,(H2,20,22,23). The van der Waals surface area contributed by atoms with Crippen molar-refractivity contribution >= 4 is 17.3 Å². The van der Waals surface area contributed by atoms with Gasteiger partial charge in [0, 0.05) is 36.8 Å². The largest absolute Gasteiger partial charge is 0.468 e. The van der Waals surface area contributed by atoms with E-state index in [4.69, 9.17) is 4.74 Å². The van der Waals surface area contributed by atoms with Crippen LogP contribution in [0.15, 0.2) is 40.8 Å². The van der Waals surface area contributed by atoms with Gasteiger partial charge in [-0.15, -0.1) is 11.3 Å². The van der Waals surface area contributed by atoms with Crippen LogP contribution in [0.4, 0.5) is 13.2 Å². The predicted octanol–water partition coefficient (Wildman–Crippen LogP) is 2.99. The Bertz CT molecular complexity index is 674. The van der Waals surface area contributed by atoms with Crippen LogP contribution in [0.3, 0.4) is 0 Å². The fraction of sp³-hybridized carbons (Fsp3) is 0.375. The van der Waals surface area contributed by atoms with E-state index in [1.807, 2.05) is 11.4 Å². The van der Waals surface area contributed by atoms with Crippen molar-refractivity contribution in [3.63, 3.8) is 0 Å². The SMILES string of the molecule is CN=C(NCCc1cccs1)NCc1cccnc1OCC(F)(F)F. The monoisotopic (exact) mass is 372 g/mol. The van der Waals surface area contributed by atoms with Gasteiger partial charge in [0.25, 0.3) is 0 Å². The maximum atomic E-state index is 12.3. The zero-order valence-corrected chi connectivity index (χ0v) is 14.5. The highest BCUT2D eigenvalue weighted by Gasteiger charge is 2.29. The lowest BCUT2D eigenvalue weighted by Crippen LogP contribution is -2.38. The number of alkyl halides is 3. The molecule has 0 amide bonds. The van der Waals surface area contributed by atoms with Gasteiger partial charge in [-0.1, -0.05) is 12.1 Å². The molecule has 0 atom stereocenters. The van der Waals surface area contributed by atoms with E-state index in [2.05, 4.69) is 26.7 Å². The Morgan fingerprint density at radius 2 is 2.12 bits per heavy atom. The van der Waals surface area contributed by atoms with E-state index in [0.29, 0.717) is 18.1 Å². The van der Waals surface area contributed by atoms with Crippen LogP contribution >= 0.6 is 11.3 Å². The average molecular weight is 372 g/mol. The van der Waals surface area contributed by atoms with Gasteiger partial charge in [-0.25, -0.2) is 4.98 Å². The Labute approximate surface area is 148 Å². The predicted molar refractivity (Wildman–Crippen MR) is 92.0 cm³/mol. The van der Waals surface area contributed by atoms with Crippen molar-refractivity contribution in [3.05, 3.63) is 46.3 Å². The number of hydrogen-bond donors (Lipinski definition) is 2. The van der Waals surface area contributed by atoms with Gasteiger partial charge in [-0.3, -0.25) is 4.99 Å². The van der Waals surface area contributed by atoms with Crippen LogP contribution in [0.5, 0.6) is 5.88 Å². The molecule has 0 saturated carbocycles. The number of rotatable bonds is 7. The second-order valence-corrected chi connectivity index (χ2v) is 6.09. The van der Waals surface area contributed by atoms with Gasteiger partial charge in [-0.05, 0) is 23.9 Å². The van der Waals surface area contributed by atoms with Crippen molar-refractivity contribution in [2.24, 2.45) is 4.99 Å². The maximum Gasteiger partial charge on any atom is 0.422 e. The number of thiophene rings is 1. The summed E-state index contributed by atoms with van der Waals surface area (Å²) in [7, 11) is 1.63. The molecule has 0 radical (unpaired) electrons. The van der Waals surface area contributed by atoms with Gasteiger partial charge in [0.1, 0.15) is 0 Å². The molecule has 5 nitrogen and oxygen atoms in total. The molecule has 0 unspecified atom stereocenters. The molecule has 9 heteroatoms. The van der Waals surface area contributed by atoms with Crippen molar-refractivity contribution in [1.82, 2.24) is 15.6 Å². The quantitative estimate of drug-likeness (QED) is 0.580. The molecule has 2 aromatic heterocycles. The second kappa shape index (κ2) is 9.26. The molecule has 2 N–H and O–H groups in total. The van der Waals surface area contributed by atoms with Crippen molar-refractivity contribution in [2.75, 3.05) is 20.2 Å². The van der Waals surface area contributed by atoms with E-state index < -0.39 is 12.8 Å². The van der Waals surface area contributed by atoms with E-state index in [-0.39, 0.29) is 12.4 Å². The number of pyridine rings is 1. The Morgan fingerprint density at radius 3 is 2.80 bits per heavy atom. The number of halogens is 3. The summed E-state index contributed by atoms with van der Waals surface area (Å²) in [5.41, 5.74) is 0.521. The van der Waals surface area contributed by atoms with Crippen LogP contribution < -0.4 is 15.4 Å². The minimum Gasteiger partial charge on any atom is -0.468 e. The number of aromatic nitrogens is 1. The molecule has 25 heavy (non-hydrogen) atoms. The number of nitrogens with zero attached hydrogens (tertiary/aromatic N) is 2. The summed E-state index contributed by atoms with van der Waals surface area (Å²) >= 11 is 1.68. The molecule has 0 aliphatic rings. The van der Waals surface area contributed by atoms with Gasteiger partial charge in [-0.2, -0.15) is 13.2 Å². The first kappa shape index (κ1) is 19.0. The molecule has 0 aromatic carbocycles. The smallest absolute Gasteiger partial charge is 0.422 e. The third-order valence-electron chi connectivity index (χ3n) is 3.14. The molecule has 2 aromatic rings. The summed E-state index contributed by atoms with van der Waals surface area (Å²) in [5, 5.41) is 8.22. The fourth-order valence-corrected chi connectivity index (χ4v) is 2.71. The topological polar surface area (TPSA) is 58.5 Å². The average Bonchev–Trinajstić information content (AvgIpc) is 3.09. The fourth-order valence-electron chi connectivity index (χ4n) is 2.00. The molecule has 0 fully saturated rings. The molecule has 136 valence electrons. The zero-order chi connectivity index (χ0) is 18.1. The molecule has 0 bridgehead atoms. The van der Waals surface area contributed by atoms with Crippen molar-refractivity contribution in [1.29, 1.82) is 0 Å². The van der Waals surface area contributed by atoms with Gasteiger partial charge >= 0.3 is 6.18 Å². The number of nitrogens with one attached hydrogen (secondary N) is 2. The van der Waals surface area contributed by atoms with Gasteiger partial charge in [0.15, 0.2) is 12.6 Å². The van der Waals surface area contributed by atoms with Crippen LogP contribution in [0.25, 0.3) is 0 Å². The highest BCUT2D eigenvalue weighted by atomic mass is 32.1. The molecule has 2 heterocycles. The molecular weight excluding hydrogens is 353 g/mol. The normalized spacial score (nSPS) is 12.1. The van der Waals surface area contributed by atoms with Crippen LogP contribution in [0.2, 0.25) is 0 Å².